The highest BCUT2D eigenvalue weighted by Gasteiger charge is 2.34. The van der Waals surface area contributed by atoms with E-state index in [-0.39, 0.29) is 11.8 Å². The van der Waals surface area contributed by atoms with Gasteiger partial charge >= 0.3 is 0 Å². The molecule has 0 spiro atoms. The molecular formula is C22H23N3O4. The van der Waals surface area contributed by atoms with Gasteiger partial charge in [0, 0.05) is 30.1 Å². The molecule has 4 rings (SSSR count). The Morgan fingerprint density at radius 2 is 1.76 bits per heavy atom. The van der Waals surface area contributed by atoms with Crippen LogP contribution < -0.4 is 14.4 Å². The predicted octanol–water partition coefficient (Wildman–Crippen LogP) is 3.89. The molecule has 0 N–H and O–H groups in total. The van der Waals surface area contributed by atoms with Crippen LogP contribution in [0.1, 0.15) is 29.3 Å². The zero-order valence-corrected chi connectivity index (χ0v) is 16.9. The molecule has 1 saturated heterocycles. The van der Waals surface area contributed by atoms with Gasteiger partial charge in [0.25, 0.3) is 5.89 Å². The number of carbonyl (C=O) groups is 1. The molecule has 0 bridgehead atoms. The van der Waals surface area contributed by atoms with Gasteiger partial charge in [-0.2, -0.15) is 4.98 Å². The first-order valence-electron chi connectivity index (χ1n) is 9.43. The maximum absolute atomic E-state index is 12.6. The molecule has 29 heavy (non-hydrogen) atoms. The molecule has 7 nitrogen and oxygen atoms in total. The lowest BCUT2D eigenvalue weighted by atomic mass is 10.1. The summed E-state index contributed by atoms with van der Waals surface area (Å²) in [7, 11) is 3.16. The van der Waals surface area contributed by atoms with Gasteiger partial charge in [-0.05, 0) is 55.3 Å². The van der Waals surface area contributed by atoms with E-state index in [9.17, 15) is 4.79 Å². The number of rotatable bonds is 5. The Bertz CT molecular complexity index is 1040. The highest BCUT2D eigenvalue weighted by Crippen LogP contribution is 2.34. The number of ether oxygens (including phenoxy) is 2. The van der Waals surface area contributed by atoms with E-state index in [1.54, 1.807) is 31.3 Å². The Balaban J connectivity index is 1.57. The summed E-state index contributed by atoms with van der Waals surface area (Å²) in [6, 6.07) is 11.6. The van der Waals surface area contributed by atoms with Gasteiger partial charge in [0.1, 0.15) is 0 Å². The van der Waals surface area contributed by atoms with Crippen molar-refractivity contribution in [2.75, 3.05) is 25.7 Å². The van der Waals surface area contributed by atoms with Crippen LogP contribution in [0.15, 0.2) is 40.9 Å². The smallest absolute Gasteiger partial charge is 0.258 e. The second kappa shape index (κ2) is 7.58. The van der Waals surface area contributed by atoms with E-state index in [1.807, 2.05) is 32.0 Å². The lowest BCUT2D eigenvalue weighted by Gasteiger charge is -2.17. The average Bonchev–Trinajstić information content (AvgIpc) is 3.33. The minimum atomic E-state index is -0.110. The predicted molar refractivity (Wildman–Crippen MR) is 108 cm³/mol. The van der Waals surface area contributed by atoms with E-state index in [1.165, 1.54) is 0 Å². The van der Waals surface area contributed by atoms with Gasteiger partial charge in [0.05, 0.1) is 14.2 Å². The topological polar surface area (TPSA) is 77.7 Å². The summed E-state index contributed by atoms with van der Waals surface area (Å²) in [5, 5.41) is 4.13. The van der Waals surface area contributed by atoms with Crippen LogP contribution >= 0.6 is 0 Å². The van der Waals surface area contributed by atoms with Crippen molar-refractivity contribution in [1.82, 2.24) is 10.1 Å². The Morgan fingerprint density at radius 1 is 1.03 bits per heavy atom. The molecule has 2 heterocycles. The molecule has 150 valence electrons. The van der Waals surface area contributed by atoms with Gasteiger partial charge < -0.3 is 18.9 Å². The van der Waals surface area contributed by atoms with Crippen molar-refractivity contribution >= 4 is 11.6 Å². The molecule has 0 saturated carbocycles. The lowest BCUT2D eigenvalue weighted by Crippen LogP contribution is -2.24. The Labute approximate surface area is 169 Å². The van der Waals surface area contributed by atoms with E-state index in [0.29, 0.717) is 36.2 Å². The second-order valence-electron chi connectivity index (χ2n) is 7.28. The summed E-state index contributed by atoms with van der Waals surface area (Å²) >= 11 is 0. The second-order valence-corrected chi connectivity index (χ2v) is 7.28. The summed E-state index contributed by atoms with van der Waals surface area (Å²) in [6.07, 6.45) is 0.359. The third-order valence-corrected chi connectivity index (χ3v) is 5.08. The van der Waals surface area contributed by atoms with E-state index in [4.69, 9.17) is 14.0 Å². The third kappa shape index (κ3) is 3.68. The van der Waals surface area contributed by atoms with Crippen LogP contribution in [0.4, 0.5) is 5.69 Å². The van der Waals surface area contributed by atoms with Crippen LogP contribution in [0.25, 0.3) is 11.5 Å². The number of methoxy groups -OCH3 is 2. The van der Waals surface area contributed by atoms with Gasteiger partial charge in [-0.3, -0.25) is 4.79 Å². The zero-order chi connectivity index (χ0) is 20.5. The number of hydrogen-bond donors (Lipinski definition) is 0. The van der Waals surface area contributed by atoms with Crippen LogP contribution in [-0.2, 0) is 4.79 Å². The number of aryl methyl sites for hydroxylation is 2. The van der Waals surface area contributed by atoms with Gasteiger partial charge in [-0.15, -0.1) is 0 Å². The minimum Gasteiger partial charge on any atom is -0.493 e. The molecule has 1 fully saturated rings. The monoisotopic (exact) mass is 393 g/mol. The molecule has 1 unspecified atom stereocenters. The quantitative estimate of drug-likeness (QED) is 0.654. The Kier molecular flexibility index (Phi) is 4.96. The van der Waals surface area contributed by atoms with Gasteiger partial charge in [0.2, 0.25) is 5.91 Å². The van der Waals surface area contributed by atoms with Gasteiger partial charge in [-0.1, -0.05) is 11.2 Å². The van der Waals surface area contributed by atoms with Crippen molar-refractivity contribution in [3.63, 3.8) is 0 Å². The molecule has 2 aromatic carbocycles. The van der Waals surface area contributed by atoms with Crippen LogP contribution in [0, 0.1) is 13.8 Å². The van der Waals surface area contributed by atoms with Gasteiger partial charge in [-0.25, -0.2) is 0 Å². The van der Waals surface area contributed by atoms with E-state index < -0.39 is 0 Å². The molecule has 1 aromatic heterocycles. The van der Waals surface area contributed by atoms with Crippen molar-refractivity contribution in [1.29, 1.82) is 0 Å². The maximum Gasteiger partial charge on any atom is 0.258 e. The van der Waals surface area contributed by atoms with Crippen LogP contribution in [0.2, 0.25) is 0 Å². The van der Waals surface area contributed by atoms with Gasteiger partial charge in [0.15, 0.2) is 17.3 Å². The normalized spacial score (nSPS) is 16.3. The highest BCUT2D eigenvalue weighted by atomic mass is 16.5. The molecular weight excluding hydrogens is 370 g/mol. The Morgan fingerprint density at radius 3 is 2.45 bits per heavy atom. The summed E-state index contributed by atoms with van der Waals surface area (Å²) in [6.45, 7) is 4.60. The summed E-state index contributed by atoms with van der Waals surface area (Å²) in [4.78, 5) is 19.0. The largest absolute Gasteiger partial charge is 0.493 e. The SMILES string of the molecule is COc1ccc(-c2nc(C3CC(=O)N(c4cc(C)cc(C)c4)C3)no2)cc1OC. The lowest BCUT2D eigenvalue weighted by molar-refractivity contribution is -0.117. The molecule has 0 aliphatic carbocycles. The number of aromatic nitrogens is 2. The molecule has 1 atom stereocenters. The van der Waals surface area contributed by atoms with Crippen LogP contribution in [-0.4, -0.2) is 36.8 Å². The fraction of sp³-hybridized carbons (Fsp3) is 0.318. The highest BCUT2D eigenvalue weighted by molar-refractivity contribution is 5.96. The number of carbonyl (C=O) groups excluding carboxylic acids is 1. The standard InChI is InChI=1S/C22H23N3O4/c1-13-7-14(2)9-17(8-13)25-12-16(11-20(25)26)21-23-22(29-24-21)15-5-6-18(27-3)19(10-15)28-4/h5-10,16H,11-12H2,1-4H3. The van der Waals surface area contributed by atoms with Crippen molar-refractivity contribution in [2.45, 2.75) is 26.2 Å². The van der Waals surface area contributed by atoms with Crippen LogP contribution in [0.5, 0.6) is 11.5 Å². The first kappa shape index (κ1) is 19.0. The molecule has 1 aliphatic heterocycles. The van der Waals surface area contributed by atoms with E-state index in [2.05, 4.69) is 16.2 Å². The summed E-state index contributed by atoms with van der Waals surface area (Å²) < 4.78 is 16.1. The number of nitrogens with zero attached hydrogens (tertiary/aromatic N) is 3. The van der Waals surface area contributed by atoms with Crippen molar-refractivity contribution < 1.29 is 18.8 Å². The number of benzene rings is 2. The summed E-state index contributed by atoms with van der Waals surface area (Å²) in [5.41, 5.74) is 3.91. The molecule has 7 heteroatoms. The molecule has 1 amide bonds. The fourth-order valence-electron chi connectivity index (χ4n) is 3.72. The Hall–Kier alpha value is -3.35. The van der Waals surface area contributed by atoms with Crippen molar-refractivity contribution in [3.8, 4) is 23.0 Å². The maximum atomic E-state index is 12.6. The average molecular weight is 393 g/mol. The zero-order valence-electron chi connectivity index (χ0n) is 16.9. The third-order valence-electron chi connectivity index (χ3n) is 5.08. The van der Waals surface area contributed by atoms with Crippen molar-refractivity contribution in [3.05, 3.63) is 53.3 Å². The minimum absolute atomic E-state index is 0.0671. The number of hydrogen-bond acceptors (Lipinski definition) is 6. The van der Waals surface area contributed by atoms with E-state index >= 15 is 0 Å². The first-order valence-corrected chi connectivity index (χ1v) is 9.43. The molecule has 1 aliphatic rings. The molecule has 3 aromatic rings. The van der Waals surface area contributed by atoms with E-state index in [0.717, 1.165) is 22.4 Å². The fourth-order valence-corrected chi connectivity index (χ4v) is 3.72. The van der Waals surface area contributed by atoms with Crippen molar-refractivity contribution in [2.24, 2.45) is 0 Å². The number of amides is 1. The number of anilines is 1. The first-order chi connectivity index (χ1) is 14.0. The summed E-state index contributed by atoms with van der Waals surface area (Å²) in [5.74, 6) is 2.09. The molecule has 0 radical (unpaired) electrons. The van der Waals surface area contributed by atoms with Crippen LogP contribution in [0.3, 0.4) is 0 Å².